The van der Waals surface area contributed by atoms with Crippen LogP contribution in [0.1, 0.15) is 6.92 Å². The van der Waals surface area contributed by atoms with Crippen molar-refractivity contribution in [3.8, 4) is 5.75 Å². The predicted octanol–water partition coefficient (Wildman–Crippen LogP) is 3.76. The van der Waals surface area contributed by atoms with E-state index >= 15 is 0 Å². The SMILES string of the molecule is C[C@@H](Oc1ccc(Cl)cc1Cl)C(=O)Nc1ncc([N+](=O)[O-])s1. The van der Waals surface area contributed by atoms with Gasteiger partial charge in [0.25, 0.3) is 5.91 Å². The number of hydrogen-bond acceptors (Lipinski definition) is 6. The number of amides is 1. The number of rotatable bonds is 5. The number of thiazole rings is 1. The monoisotopic (exact) mass is 361 g/mol. The van der Waals surface area contributed by atoms with Crippen molar-refractivity contribution in [1.29, 1.82) is 0 Å². The average Bonchev–Trinajstić information content (AvgIpc) is 2.90. The Morgan fingerprint density at radius 1 is 1.50 bits per heavy atom. The molecule has 0 bridgehead atoms. The van der Waals surface area contributed by atoms with Gasteiger partial charge in [-0.05, 0) is 36.5 Å². The molecule has 1 aromatic heterocycles. The highest BCUT2D eigenvalue weighted by atomic mass is 35.5. The Kier molecular flexibility index (Phi) is 5.17. The number of hydrogen-bond donors (Lipinski definition) is 1. The van der Waals surface area contributed by atoms with E-state index in [1.165, 1.54) is 13.0 Å². The van der Waals surface area contributed by atoms with E-state index in [4.69, 9.17) is 27.9 Å². The van der Waals surface area contributed by atoms with Gasteiger partial charge >= 0.3 is 5.00 Å². The first-order valence-corrected chi connectivity index (χ1v) is 7.47. The van der Waals surface area contributed by atoms with Gasteiger partial charge in [-0.25, -0.2) is 4.98 Å². The third-order valence-electron chi connectivity index (χ3n) is 2.47. The van der Waals surface area contributed by atoms with Gasteiger partial charge in [0.1, 0.15) is 11.9 Å². The number of benzene rings is 1. The molecule has 0 radical (unpaired) electrons. The van der Waals surface area contributed by atoms with E-state index in [2.05, 4.69) is 10.3 Å². The zero-order valence-electron chi connectivity index (χ0n) is 11.1. The molecule has 1 amide bonds. The molecule has 0 spiro atoms. The molecule has 116 valence electrons. The van der Waals surface area contributed by atoms with Gasteiger partial charge in [0.2, 0.25) is 0 Å². The van der Waals surface area contributed by atoms with Crippen molar-refractivity contribution >= 4 is 50.6 Å². The number of ether oxygens (including phenoxy) is 1. The summed E-state index contributed by atoms with van der Waals surface area (Å²) in [6.45, 7) is 1.52. The summed E-state index contributed by atoms with van der Waals surface area (Å²) in [5, 5.41) is 13.7. The van der Waals surface area contributed by atoms with E-state index in [1.807, 2.05) is 0 Å². The van der Waals surface area contributed by atoms with Crippen molar-refractivity contribution in [2.75, 3.05) is 5.32 Å². The molecular formula is C12H9Cl2N3O4S. The van der Waals surface area contributed by atoms with Crippen LogP contribution in [-0.4, -0.2) is 21.9 Å². The summed E-state index contributed by atoms with van der Waals surface area (Å²) in [7, 11) is 0. The lowest BCUT2D eigenvalue weighted by molar-refractivity contribution is -0.380. The summed E-state index contributed by atoms with van der Waals surface area (Å²) in [5.41, 5.74) is 0. The minimum atomic E-state index is -0.873. The Hall–Kier alpha value is -1.90. The second-order valence-electron chi connectivity index (χ2n) is 4.08. The summed E-state index contributed by atoms with van der Waals surface area (Å²) in [6, 6.07) is 4.62. The van der Waals surface area contributed by atoms with E-state index in [0.717, 1.165) is 17.5 Å². The van der Waals surface area contributed by atoms with Crippen molar-refractivity contribution in [3.05, 3.63) is 44.6 Å². The molecule has 0 aliphatic carbocycles. The van der Waals surface area contributed by atoms with E-state index in [9.17, 15) is 14.9 Å². The van der Waals surface area contributed by atoms with Crippen LogP contribution in [0.4, 0.5) is 10.1 Å². The number of nitro groups is 1. The van der Waals surface area contributed by atoms with Crippen molar-refractivity contribution in [2.45, 2.75) is 13.0 Å². The summed E-state index contributed by atoms with van der Waals surface area (Å²) >= 11 is 12.5. The van der Waals surface area contributed by atoms with Crippen molar-refractivity contribution in [1.82, 2.24) is 4.98 Å². The second kappa shape index (κ2) is 6.91. The predicted molar refractivity (Wildman–Crippen MR) is 84.0 cm³/mol. The van der Waals surface area contributed by atoms with E-state index in [-0.39, 0.29) is 15.2 Å². The van der Waals surface area contributed by atoms with Crippen molar-refractivity contribution in [2.24, 2.45) is 0 Å². The van der Waals surface area contributed by atoms with Gasteiger partial charge < -0.3 is 4.74 Å². The van der Waals surface area contributed by atoms with E-state index in [0.29, 0.717) is 10.8 Å². The smallest absolute Gasteiger partial charge is 0.345 e. The number of nitrogens with zero attached hydrogens (tertiary/aromatic N) is 2. The Labute approximate surface area is 139 Å². The van der Waals surface area contributed by atoms with Crippen LogP contribution >= 0.6 is 34.5 Å². The Morgan fingerprint density at radius 2 is 2.23 bits per heavy atom. The maximum absolute atomic E-state index is 12.0. The van der Waals surface area contributed by atoms with Gasteiger partial charge in [0.15, 0.2) is 11.2 Å². The van der Waals surface area contributed by atoms with Gasteiger partial charge in [-0.15, -0.1) is 0 Å². The van der Waals surface area contributed by atoms with Gasteiger partial charge in [-0.3, -0.25) is 20.2 Å². The number of carbonyl (C=O) groups excluding carboxylic acids is 1. The standard InChI is InChI=1S/C12H9Cl2N3O4S/c1-6(21-9-3-2-7(13)4-8(9)14)11(18)16-12-15-5-10(22-12)17(19)20/h2-6H,1H3,(H,15,16,18)/t6-/m1/s1. The van der Waals surface area contributed by atoms with Crippen LogP contribution < -0.4 is 10.1 Å². The lowest BCUT2D eigenvalue weighted by Gasteiger charge is -2.14. The molecule has 2 aromatic rings. The quantitative estimate of drug-likeness (QED) is 0.646. The number of nitrogens with one attached hydrogen (secondary N) is 1. The average molecular weight is 362 g/mol. The highest BCUT2D eigenvalue weighted by Crippen LogP contribution is 2.29. The van der Waals surface area contributed by atoms with E-state index < -0.39 is 16.9 Å². The molecule has 10 heteroatoms. The Bertz CT molecular complexity index is 722. The van der Waals surface area contributed by atoms with Crippen LogP contribution in [0.15, 0.2) is 24.4 Å². The molecule has 0 aliphatic rings. The molecule has 1 heterocycles. The molecular weight excluding hydrogens is 353 g/mol. The number of halogens is 2. The third kappa shape index (κ3) is 4.06. The van der Waals surface area contributed by atoms with Crippen LogP contribution in [0.3, 0.4) is 0 Å². The maximum atomic E-state index is 12.0. The van der Waals surface area contributed by atoms with Crippen LogP contribution in [0.5, 0.6) is 5.75 Å². The van der Waals surface area contributed by atoms with Crippen LogP contribution in [0.2, 0.25) is 10.0 Å². The highest BCUT2D eigenvalue weighted by Gasteiger charge is 2.19. The number of anilines is 1. The minimum absolute atomic E-state index is 0.120. The van der Waals surface area contributed by atoms with Gasteiger partial charge in [0, 0.05) is 5.02 Å². The Morgan fingerprint density at radius 3 is 2.82 bits per heavy atom. The first kappa shape index (κ1) is 16.5. The summed E-state index contributed by atoms with van der Waals surface area (Å²) in [5.74, 6) is -0.200. The molecule has 0 saturated carbocycles. The highest BCUT2D eigenvalue weighted by molar-refractivity contribution is 7.18. The topological polar surface area (TPSA) is 94.4 Å². The fourth-order valence-corrected chi connectivity index (χ4v) is 2.52. The number of carbonyl (C=O) groups is 1. The fraction of sp³-hybridized carbons (Fsp3) is 0.167. The largest absolute Gasteiger partial charge is 0.479 e. The van der Waals surface area contributed by atoms with E-state index in [1.54, 1.807) is 12.1 Å². The normalized spacial score (nSPS) is 11.8. The first-order valence-electron chi connectivity index (χ1n) is 5.89. The third-order valence-corrected chi connectivity index (χ3v) is 3.87. The lowest BCUT2D eigenvalue weighted by atomic mass is 10.3. The van der Waals surface area contributed by atoms with Gasteiger partial charge in [-0.1, -0.05) is 23.2 Å². The molecule has 0 unspecified atom stereocenters. The molecule has 1 atom stereocenters. The molecule has 0 saturated heterocycles. The molecule has 1 N–H and O–H groups in total. The maximum Gasteiger partial charge on any atom is 0.345 e. The summed E-state index contributed by atoms with van der Waals surface area (Å²) in [4.78, 5) is 25.7. The zero-order chi connectivity index (χ0) is 16.3. The molecule has 7 nitrogen and oxygen atoms in total. The van der Waals surface area contributed by atoms with Crippen molar-refractivity contribution < 1.29 is 14.5 Å². The molecule has 0 fully saturated rings. The summed E-state index contributed by atoms with van der Waals surface area (Å²) in [6.07, 6.45) is 0.198. The first-order chi connectivity index (χ1) is 10.4. The van der Waals surface area contributed by atoms with Crippen LogP contribution in [0.25, 0.3) is 0 Å². The van der Waals surface area contributed by atoms with Crippen LogP contribution in [0, 0.1) is 10.1 Å². The van der Waals surface area contributed by atoms with Gasteiger partial charge in [0.05, 0.1) is 9.95 Å². The molecule has 1 aromatic carbocycles. The molecule has 22 heavy (non-hydrogen) atoms. The second-order valence-corrected chi connectivity index (χ2v) is 5.94. The zero-order valence-corrected chi connectivity index (χ0v) is 13.4. The minimum Gasteiger partial charge on any atom is -0.479 e. The number of aromatic nitrogens is 1. The van der Waals surface area contributed by atoms with Crippen LogP contribution in [-0.2, 0) is 4.79 Å². The van der Waals surface area contributed by atoms with Crippen molar-refractivity contribution in [3.63, 3.8) is 0 Å². The lowest BCUT2D eigenvalue weighted by Crippen LogP contribution is -2.30. The Balaban J connectivity index is 2.00. The molecule has 0 aliphatic heterocycles. The summed E-state index contributed by atoms with van der Waals surface area (Å²) < 4.78 is 5.43. The fourth-order valence-electron chi connectivity index (χ4n) is 1.43. The van der Waals surface area contributed by atoms with Gasteiger partial charge in [-0.2, -0.15) is 0 Å². The molecule has 2 rings (SSSR count).